The summed E-state index contributed by atoms with van der Waals surface area (Å²) in [4.78, 5) is 26.3. The molecule has 0 atom stereocenters. The Bertz CT molecular complexity index is 861. The molecule has 0 aliphatic heterocycles. The number of nitrogens with one attached hydrogen (secondary N) is 1. The number of hydrogen-bond acceptors (Lipinski definition) is 3. The van der Waals surface area contributed by atoms with Gasteiger partial charge in [-0.05, 0) is 25.0 Å². The van der Waals surface area contributed by atoms with E-state index < -0.39 is 28.5 Å². The van der Waals surface area contributed by atoms with Crippen molar-refractivity contribution in [2.24, 2.45) is 0 Å². The van der Waals surface area contributed by atoms with Gasteiger partial charge in [0.1, 0.15) is 0 Å². The van der Waals surface area contributed by atoms with E-state index in [-0.39, 0.29) is 17.1 Å². The van der Waals surface area contributed by atoms with Crippen LogP contribution in [0, 0.1) is 0 Å². The van der Waals surface area contributed by atoms with Crippen LogP contribution >= 0.6 is 0 Å². The van der Waals surface area contributed by atoms with Crippen LogP contribution in [0.25, 0.3) is 11.0 Å². The zero-order chi connectivity index (χ0) is 16.8. The summed E-state index contributed by atoms with van der Waals surface area (Å²) in [5.41, 5.74) is 2.61. The second kappa shape index (κ2) is 5.43. The first kappa shape index (κ1) is 15.6. The van der Waals surface area contributed by atoms with E-state index in [9.17, 15) is 22.8 Å². The van der Waals surface area contributed by atoms with Crippen molar-refractivity contribution in [1.29, 1.82) is 0 Å². The maximum absolute atomic E-state index is 13.0. The molecule has 23 heavy (non-hydrogen) atoms. The number of anilines is 1. The van der Waals surface area contributed by atoms with E-state index in [0.717, 1.165) is 44.2 Å². The third-order valence-corrected chi connectivity index (χ3v) is 4.33. The third kappa shape index (κ3) is 2.73. The topological polar surface area (TPSA) is 80.9 Å². The number of aromatic amines is 1. The van der Waals surface area contributed by atoms with E-state index in [1.807, 2.05) is 0 Å². The van der Waals surface area contributed by atoms with Crippen LogP contribution in [-0.2, 0) is 6.18 Å². The molecule has 2 aromatic rings. The van der Waals surface area contributed by atoms with Gasteiger partial charge in [-0.3, -0.25) is 14.2 Å². The molecule has 1 heterocycles. The van der Waals surface area contributed by atoms with E-state index in [1.54, 1.807) is 0 Å². The van der Waals surface area contributed by atoms with E-state index in [2.05, 4.69) is 4.98 Å². The van der Waals surface area contributed by atoms with Crippen LogP contribution in [0.2, 0.25) is 0 Å². The van der Waals surface area contributed by atoms with Crippen molar-refractivity contribution in [3.63, 3.8) is 0 Å². The van der Waals surface area contributed by atoms with Crippen LogP contribution in [0.15, 0.2) is 21.7 Å². The molecule has 1 aliphatic rings. The van der Waals surface area contributed by atoms with Crippen LogP contribution in [-0.4, -0.2) is 9.55 Å². The van der Waals surface area contributed by atoms with E-state index in [1.165, 1.54) is 4.57 Å². The summed E-state index contributed by atoms with van der Waals surface area (Å²) in [5, 5.41) is 0. The van der Waals surface area contributed by atoms with Gasteiger partial charge in [-0.15, -0.1) is 0 Å². The number of nitrogens with two attached hydrogens (primary N) is 1. The fourth-order valence-corrected chi connectivity index (χ4v) is 3.25. The number of nitrogens with zero attached hydrogens (tertiary/aromatic N) is 1. The van der Waals surface area contributed by atoms with Crippen LogP contribution in [0.5, 0.6) is 0 Å². The first-order chi connectivity index (χ1) is 10.8. The zero-order valence-electron chi connectivity index (χ0n) is 12.2. The van der Waals surface area contributed by atoms with E-state index in [4.69, 9.17) is 5.73 Å². The van der Waals surface area contributed by atoms with Crippen molar-refractivity contribution in [2.45, 2.75) is 44.3 Å². The number of hydrogen-bond donors (Lipinski definition) is 2. The van der Waals surface area contributed by atoms with Crippen molar-refractivity contribution in [3.8, 4) is 0 Å². The van der Waals surface area contributed by atoms with Gasteiger partial charge < -0.3 is 10.7 Å². The Hall–Kier alpha value is -2.25. The monoisotopic (exact) mass is 327 g/mol. The second-order valence-corrected chi connectivity index (χ2v) is 5.88. The molecule has 3 N–H and O–H groups in total. The average molecular weight is 327 g/mol. The van der Waals surface area contributed by atoms with Crippen molar-refractivity contribution >= 4 is 16.7 Å². The summed E-state index contributed by atoms with van der Waals surface area (Å²) in [6.45, 7) is 0. The molecular weight excluding hydrogens is 311 g/mol. The Morgan fingerprint density at radius 2 is 1.78 bits per heavy atom. The molecule has 1 aromatic heterocycles. The maximum Gasteiger partial charge on any atom is 0.418 e. The lowest BCUT2D eigenvalue weighted by Gasteiger charge is -2.25. The lowest BCUT2D eigenvalue weighted by molar-refractivity contribution is -0.136. The molecule has 0 radical (unpaired) electrons. The summed E-state index contributed by atoms with van der Waals surface area (Å²) in [6, 6.07) is 1.74. The molecule has 0 spiro atoms. The summed E-state index contributed by atoms with van der Waals surface area (Å²) in [7, 11) is 0. The van der Waals surface area contributed by atoms with Gasteiger partial charge >= 0.3 is 17.3 Å². The highest BCUT2D eigenvalue weighted by Crippen LogP contribution is 2.36. The Balaban J connectivity index is 2.31. The Labute approximate surface area is 128 Å². The average Bonchev–Trinajstić information content (AvgIpc) is 2.48. The van der Waals surface area contributed by atoms with Crippen molar-refractivity contribution < 1.29 is 13.2 Å². The van der Waals surface area contributed by atoms with Gasteiger partial charge in [0.05, 0.1) is 16.6 Å². The molecular formula is C15H16F3N3O2. The second-order valence-electron chi connectivity index (χ2n) is 5.88. The number of H-pyrrole nitrogens is 1. The number of benzene rings is 1. The lowest BCUT2D eigenvalue weighted by atomic mass is 9.95. The van der Waals surface area contributed by atoms with Gasteiger partial charge in [0.15, 0.2) is 0 Å². The minimum absolute atomic E-state index is 0.0262. The number of alkyl halides is 3. The summed E-state index contributed by atoms with van der Waals surface area (Å²) < 4.78 is 40.2. The van der Waals surface area contributed by atoms with Gasteiger partial charge in [0.2, 0.25) is 0 Å². The molecule has 1 aliphatic carbocycles. The van der Waals surface area contributed by atoms with Crippen LogP contribution in [0.4, 0.5) is 18.9 Å². The number of halogens is 3. The highest BCUT2D eigenvalue weighted by molar-refractivity contribution is 5.80. The Morgan fingerprint density at radius 3 is 2.39 bits per heavy atom. The number of aromatic nitrogens is 2. The molecule has 0 unspecified atom stereocenters. The summed E-state index contributed by atoms with van der Waals surface area (Å²) >= 11 is 0. The molecule has 0 saturated heterocycles. The molecule has 3 rings (SSSR count). The summed E-state index contributed by atoms with van der Waals surface area (Å²) in [6.07, 6.45) is -0.296. The largest absolute Gasteiger partial charge is 0.418 e. The van der Waals surface area contributed by atoms with Gasteiger partial charge in [0.25, 0.3) is 0 Å². The zero-order valence-corrected chi connectivity index (χ0v) is 12.2. The lowest BCUT2D eigenvalue weighted by Crippen LogP contribution is -2.39. The Morgan fingerprint density at radius 1 is 1.13 bits per heavy atom. The molecule has 1 fully saturated rings. The predicted octanol–water partition coefficient (Wildman–Crippen LogP) is 2.80. The van der Waals surface area contributed by atoms with Gasteiger partial charge in [-0.1, -0.05) is 19.3 Å². The minimum Gasteiger partial charge on any atom is -0.398 e. The molecule has 8 heteroatoms. The molecule has 1 saturated carbocycles. The van der Waals surface area contributed by atoms with Crippen LogP contribution in [0.3, 0.4) is 0 Å². The Kier molecular flexibility index (Phi) is 3.69. The normalized spacial score (nSPS) is 16.8. The number of rotatable bonds is 1. The summed E-state index contributed by atoms with van der Waals surface area (Å²) in [5.74, 6) is 0. The SMILES string of the molecule is Nc1cc2c(cc1C(F)(F)F)[nH]c(=O)c(=O)n2C1CCCCC1. The van der Waals surface area contributed by atoms with Crippen molar-refractivity contribution in [1.82, 2.24) is 9.55 Å². The first-order valence-electron chi connectivity index (χ1n) is 7.44. The number of nitrogen functional groups attached to an aromatic ring is 1. The minimum atomic E-state index is -4.62. The molecule has 124 valence electrons. The molecule has 0 amide bonds. The van der Waals surface area contributed by atoms with Crippen LogP contribution < -0.4 is 16.9 Å². The predicted molar refractivity (Wildman–Crippen MR) is 80.4 cm³/mol. The first-order valence-corrected chi connectivity index (χ1v) is 7.44. The van der Waals surface area contributed by atoms with Crippen molar-refractivity contribution in [2.75, 3.05) is 5.73 Å². The number of fused-ring (bicyclic) bond motifs is 1. The maximum atomic E-state index is 13.0. The fraction of sp³-hybridized carbons (Fsp3) is 0.467. The fourth-order valence-electron chi connectivity index (χ4n) is 3.25. The van der Waals surface area contributed by atoms with Gasteiger partial charge in [0, 0.05) is 11.7 Å². The van der Waals surface area contributed by atoms with Gasteiger partial charge in [-0.2, -0.15) is 13.2 Å². The smallest absolute Gasteiger partial charge is 0.398 e. The van der Waals surface area contributed by atoms with E-state index >= 15 is 0 Å². The highest BCUT2D eigenvalue weighted by atomic mass is 19.4. The van der Waals surface area contributed by atoms with Crippen LogP contribution in [0.1, 0.15) is 43.7 Å². The quantitative estimate of drug-likeness (QED) is 0.624. The third-order valence-electron chi connectivity index (χ3n) is 4.33. The van der Waals surface area contributed by atoms with Gasteiger partial charge in [-0.25, -0.2) is 0 Å². The molecule has 1 aromatic carbocycles. The molecule has 0 bridgehead atoms. The van der Waals surface area contributed by atoms with Crippen molar-refractivity contribution in [3.05, 3.63) is 38.4 Å². The van der Waals surface area contributed by atoms with E-state index in [0.29, 0.717) is 0 Å². The highest BCUT2D eigenvalue weighted by Gasteiger charge is 2.34. The standard InChI is InChI=1S/C15H16F3N3O2/c16-15(17,18)9-6-11-12(7-10(9)19)21(14(23)13(22)20-11)8-4-2-1-3-5-8/h6-8H,1-5,19H2,(H,20,22). The molecule has 5 nitrogen and oxygen atoms in total.